The van der Waals surface area contributed by atoms with E-state index in [0.717, 1.165) is 23.7 Å². The van der Waals surface area contributed by atoms with Crippen molar-refractivity contribution in [3.05, 3.63) is 63.6 Å². The zero-order chi connectivity index (χ0) is 16.8. The normalized spacial score (nSPS) is 10.4. The minimum atomic E-state index is -0.623. The van der Waals surface area contributed by atoms with E-state index in [1.807, 2.05) is 16.8 Å². The van der Waals surface area contributed by atoms with E-state index in [9.17, 15) is 9.30 Å². The SMILES string of the molecule is O=Nc1ccccc1SNc1nc(OCc2ccsc2)ncc1F. The van der Waals surface area contributed by atoms with Crippen LogP contribution in [0.15, 0.2) is 57.4 Å². The van der Waals surface area contributed by atoms with Gasteiger partial charge in [0.05, 0.1) is 11.1 Å². The summed E-state index contributed by atoms with van der Waals surface area (Å²) in [6.07, 6.45) is 1.03. The largest absolute Gasteiger partial charge is 0.459 e. The number of hydrogen-bond donors (Lipinski definition) is 1. The molecule has 122 valence electrons. The van der Waals surface area contributed by atoms with E-state index in [2.05, 4.69) is 19.9 Å². The first kappa shape index (κ1) is 16.3. The van der Waals surface area contributed by atoms with Gasteiger partial charge >= 0.3 is 6.01 Å². The predicted octanol–water partition coefficient (Wildman–Crippen LogP) is 4.77. The Morgan fingerprint density at radius 1 is 1.33 bits per heavy atom. The van der Waals surface area contributed by atoms with Crippen LogP contribution in [-0.4, -0.2) is 9.97 Å². The molecule has 0 saturated heterocycles. The molecule has 0 amide bonds. The first-order chi connectivity index (χ1) is 11.8. The van der Waals surface area contributed by atoms with E-state index in [0.29, 0.717) is 11.5 Å². The van der Waals surface area contributed by atoms with Crippen LogP contribution in [0.3, 0.4) is 0 Å². The van der Waals surface area contributed by atoms with Crippen LogP contribution in [0.2, 0.25) is 0 Å². The number of rotatable bonds is 7. The molecule has 0 atom stereocenters. The highest BCUT2D eigenvalue weighted by molar-refractivity contribution is 8.00. The average molecular weight is 362 g/mol. The molecule has 0 aliphatic carbocycles. The van der Waals surface area contributed by atoms with Crippen LogP contribution in [-0.2, 0) is 6.61 Å². The van der Waals surface area contributed by atoms with Gasteiger partial charge in [0.1, 0.15) is 12.3 Å². The van der Waals surface area contributed by atoms with Gasteiger partial charge in [-0.25, -0.2) is 9.37 Å². The lowest BCUT2D eigenvalue weighted by Crippen LogP contribution is -2.02. The number of nitroso groups, excluding NO2 is 1. The summed E-state index contributed by atoms with van der Waals surface area (Å²) in [6.45, 7) is 0.305. The van der Waals surface area contributed by atoms with Crippen LogP contribution >= 0.6 is 23.3 Å². The molecular formula is C15H11FN4O2S2. The topological polar surface area (TPSA) is 76.5 Å². The van der Waals surface area contributed by atoms with E-state index in [1.54, 1.807) is 35.6 Å². The number of nitrogens with zero attached hydrogens (tertiary/aromatic N) is 3. The number of ether oxygens (including phenoxy) is 1. The fourth-order valence-corrected chi connectivity index (χ4v) is 3.10. The summed E-state index contributed by atoms with van der Waals surface area (Å²) in [7, 11) is 0. The fourth-order valence-electron chi connectivity index (χ4n) is 1.74. The lowest BCUT2D eigenvalue weighted by molar-refractivity contribution is 0.280. The van der Waals surface area contributed by atoms with Crippen LogP contribution in [0.1, 0.15) is 5.56 Å². The zero-order valence-electron chi connectivity index (χ0n) is 12.2. The van der Waals surface area contributed by atoms with Crippen LogP contribution in [0.4, 0.5) is 15.9 Å². The van der Waals surface area contributed by atoms with Crippen molar-refractivity contribution in [3.8, 4) is 6.01 Å². The maximum atomic E-state index is 13.8. The third kappa shape index (κ3) is 4.06. The summed E-state index contributed by atoms with van der Waals surface area (Å²) >= 11 is 2.59. The molecule has 2 heterocycles. The van der Waals surface area contributed by atoms with Gasteiger partial charge in [0.25, 0.3) is 0 Å². The quantitative estimate of drug-likeness (QED) is 0.482. The molecular weight excluding hydrogens is 351 g/mol. The van der Waals surface area contributed by atoms with Gasteiger partial charge in [-0.1, -0.05) is 12.1 Å². The standard InChI is InChI=1S/C15H11FN4O2S2/c16-11-7-17-15(22-8-10-5-6-23-9-10)18-14(11)20-24-13-4-2-1-3-12(13)19-21/h1-7,9H,8H2,(H,17,18,20). The van der Waals surface area contributed by atoms with Crippen molar-refractivity contribution in [2.24, 2.45) is 5.18 Å². The number of nitrogens with one attached hydrogen (secondary N) is 1. The molecule has 6 nitrogen and oxygen atoms in total. The van der Waals surface area contributed by atoms with Crippen molar-refractivity contribution in [3.63, 3.8) is 0 Å². The number of anilines is 1. The molecule has 3 aromatic rings. The maximum absolute atomic E-state index is 13.8. The van der Waals surface area contributed by atoms with Gasteiger partial charge in [0, 0.05) is 5.56 Å². The van der Waals surface area contributed by atoms with Crippen molar-refractivity contribution in [1.29, 1.82) is 0 Å². The number of halogens is 1. The number of aromatic nitrogens is 2. The second-order valence-electron chi connectivity index (χ2n) is 4.53. The van der Waals surface area contributed by atoms with Crippen molar-refractivity contribution in [2.75, 3.05) is 4.72 Å². The van der Waals surface area contributed by atoms with Crippen LogP contribution < -0.4 is 9.46 Å². The Morgan fingerprint density at radius 3 is 3.00 bits per heavy atom. The molecule has 0 unspecified atom stereocenters. The summed E-state index contributed by atoms with van der Waals surface area (Å²) in [5.74, 6) is -0.655. The Hall–Kier alpha value is -2.52. The van der Waals surface area contributed by atoms with E-state index >= 15 is 0 Å². The molecule has 0 fully saturated rings. The van der Waals surface area contributed by atoms with Gasteiger partial charge in [-0.3, -0.25) is 0 Å². The maximum Gasteiger partial charge on any atom is 0.318 e. The summed E-state index contributed by atoms with van der Waals surface area (Å²) in [6, 6.07) is 8.71. The van der Waals surface area contributed by atoms with Crippen molar-refractivity contribution >= 4 is 34.8 Å². The second-order valence-corrected chi connectivity index (χ2v) is 6.16. The molecule has 9 heteroatoms. The van der Waals surface area contributed by atoms with Crippen LogP contribution in [0.25, 0.3) is 0 Å². The molecule has 0 aliphatic heterocycles. The van der Waals surface area contributed by atoms with Crippen molar-refractivity contribution in [2.45, 2.75) is 11.5 Å². The van der Waals surface area contributed by atoms with Gasteiger partial charge < -0.3 is 9.46 Å². The Bertz CT molecular complexity index is 830. The van der Waals surface area contributed by atoms with Crippen molar-refractivity contribution < 1.29 is 9.13 Å². The molecule has 0 aliphatic rings. The highest BCUT2D eigenvalue weighted by atomic mass is 32.2. The molecule has 1 N–H and O–H groups in total. The molecule has 2 aromatic heterocycles. The highest BCUT2D eigenvalue weighted by Crippen LogP contribution is 2.30. The fraction of sp³-hybridized carbons (Fsp3) is 0.0667. The highest BCUT2D eigenvalue weighted by Gasteiger charge is 2.10. The first-order valence-corrected chi connectivity index (χ1v) is 8.54. The predicted molar refractivity (Wildman–Crippen MR) is 92.0 cm³/mol. The van der Waals surface area contributed by atoms with E-state index in [4.69, 9.17) is 4.74 Å². The summed E-state index contributed by atoms with van der Waals surface area (Å²) in [4.78, 5) is 19.1. The second kappa shape index (κ2) is 7.84. The van der Waals surface area contributed by atoms with Gasteiger partial charge in [-0.15, -0.1) is 4.91 Å². The van der Waals surface area contributed by atoms with Gasteiger partial charge in [-0.05, 0) is 46.1 Å². The number of hydrogen-bond acceptors (Lipinski definition) is 8. The smallest absolute Gasteiger partial charge is 0.318 e. The Kier molecular flexibility index (Phi) is 5.34. The van der Waals surface area contributed by atoms with Crippen LogP contribution in [0.5, 0.6) is 6.01 Å². The molecule has 24 heavy (non-hydrogen) atoms. The Balaban J connectivity index is 1.68. The first-order valence-electron chi connectivity index (χ1n) is 6.78. The van der Waals surface area contributed by atoms with Gasteiger partial charge in [-0.2, -0.15) is 16.3 Å². The van der Waals surface area contributed by atoms with Gasteiger partial charge in [0.2, 0.25) is 0 Å². The van der Waals surface area contributed by atoms with Gasteiger partial charge in [0.15, 0.2) is 11.6 Å². The lowest BCUT2D eigenvalue weighted by atomic mass is 10.3. The van der Waals surface area contributed by atoms with Crippen molar-refractivity contribution in [1.82, 2.24) is 9.97 Å². The summed E-state index contributed by atoms with van der Waals surface area (Å²) in [5.41, 5.74) is 1.25. The number of benzene rings is 1. The monoisotopic (exact) mass is 362 g/mol. The summed E-state index contributed by atoms with van der Waals surface area (Å²) in [5, 5.41) is 6.80. The lowest BCUT2D eigenvalue weighted by Gasteiger charge is -2.08. The Morgan fingerprint density at radius 2 is 2.21 bits per heavy atom. The van der Waals surface area contributed by atoms with E-state index in [1.165, 1.54) is 0 Å². The molecule has 0 radical (unpaired) electrons. The third-order valence-corrected chi connectivity index (χ3v) is 4.48. The molecule has 0 spiro atoms. The average Bonchev–Trinajstić information content (AvgIpc) is 3.13. The number of thiophene rings is 1. The minimum absolute atomic E-state index is 0.0315. The molecule has 0 saturated carbocycles. The third-order valence-electron chi connectivity index (χ3n) is 2.89. The molecule has 1 aromatic carbocycles. The molecule has 0 bridgehead atoms. The van der Waals surface area contributed by atoms with Crippen LogP contribution in [0, 0.1) is 10.7 Å². The molecule has 3 rings (SSSR count). The van der Waals surface area contributed by atoms with E-state index < -0.39 is 5.82 Å². The van der Waals surface area contributed by atoms with E-state index in [-0.39, 0.29) is 17.5 Å². The summed E-state index contributed by atoms with van der Waals surface area (Å²) < 4.78 is 22.0. The zero-order valence-corrected chi connectivity index (χ0v) is 13.8. The minimum Gasteiger partial charge on any atom is -0.459 e. The Labute approximate surface area is 145 Å².